The molecule has 0 saturated carbocycles. The van der Waals surface area contributed by atoms with E-state index >= 15 is 0 Å². The van der Waals surface area contributed by atoms with E-state index in [4.69, 9.17) is 11.6 Å². The molecule has 0 radical (unpaired) electrons. The molecule has 0 heterocycles. The molecule has 0 aliphatic heterocycles. The van der Waals surface area contributed by atoms with E-state index in [1.165, 1.54) is 0 Å². The van der Waals surface area contributed by atoms with Crippen molar-refractivity contribution in [3.05, 3.63) is 34.3 Å². The zero-order valence-corrected chi connectivity index (χ0v) is 11.4. The van der Waals surface area contributed by atoms with Crippen LogP contribution in [0.1, 0.15) is 25.0 Å². The van der Waals surface area contributed by atoms with Crippen LogP contribution in [-0.4, -0.2) is 23.2 Å². The fraction of sp³-hybridized carbons (Fsp3) is 0.500. The topological polar surface area (TPSA) is 49.3 Å². The van der Waals surface area contributed by atoms with E-state index < -0.39 is 11.5 Å². The molecule has 0 amide bonds. The summed E-state index contributed by atoms with van der Waals surface area (Å²) < 4.78 is 0. The van der Waals surface area contributed by atoms with Gasteiger partial charge in [-0.3, -0.25) is 4.79 Å². The molecule has 4 heteroatoms. The number of rotatable bonds is 4. The lowest BCUT2D eigenvalue weighted by Gasteiger charge is -2.26. The first kappa shape index (κ1) is 13.4. The van der Waals surface area contributed by atoms with E-state index in [9.17, 15) is 9.90 Å². The van der Waals surface area contributed by atoms with Crippen molar-refractivity contribution in [2.75, 3.05) is 6.54 Å². The summed E-state index contributed by atoms with van der Waals surface area (Å²) in [5.74, 6) is -0.357. The van der Waals surface area contributed by atoms with Gasteiger partial charge in [0.05, 0.1) is 0 Å². The van der Waals surface area contributed by atoms with E-state index in [2.05, 4.69) is 19.2 Å². The van der Waals surface area contributed by atoms with Gasteiger partial charge in [-0.15, -0.1) is 0 Å². The smallest absolute Gasteiger partial charge is 0.324 e. The average Bonchev–Trinajstić information content (AvgIpc) is 2.65. The summed E-state index contributed by atoms with van der Waals surface area (Å²) in [5.41, 5.74) is 1.26. The van der Waals surface area contributed by atoms with Crippen LogP contribution in [0.15, 0.2) is 18.2 Å². The van der Waals surface area contributed by atoms with Crippen LogP contribution in [0.3, 0.4) is 0 Å². The lowest BCUT2D eigenvalue weighted by molar-refractivity contribution is -0.144. The molecule has 0 fully saturated rings. The number of nitrogens with one attached hydrogen (secondary N) is 1. The summed E-state index contributed by atoms with van der Waals surface area (Å²) in [7, 11) is 0. The largest absolute Gasteiger partial charge is 0.480 e. The van der Waals surface area contributed by atoms with Crippen LogP contribution in [0.2, 0.25) is 5.02 Å². The van der Waals surface area contributed by atoms with Crippen molar-refractivity contribution in [2.45, 2.75) is 32.2 Å². The lowest BCUT2D eigenvalue weighted by Crippen LogP contribution is -2.54. The molecule has 0 spiro atoms. The number of benzene rings is 1. The zero-order chi connectivity index (χ0) is 13.3. The highest BCUT2D eigenvalue weighted by Crippen LogP contribution is 2.32. The Kier molecular flexibility index (Phi) is 3.64. The minimum absolute atomic E-state index is 0.425. The van der Waals surface area contributed by atoms with Gasteiger partial charge in [-0.2, -0.15) is 0 Å². The van der Waals surface area contributed by atoms with E-state index in [1.54, 1.807) is 0 Å². The maximum absolute atomic E-state index is 11.6. The number of carbonyl (C=O) groups is 1. The molecule has 2 rings (SSSR count). The van der Waals surface area contributed by atoms with Crippen molar-refractivity contribution >= 4 is 17.6 Å². The molecule has 3 nitrogen and oxygen atoms in total. The zero-order valence-electron chi connectivity index (χ0n) is 10.7. The van der Waals surface area contributed by atoms with Gasteiger partial charge in [0.2, 0.25) is 0 Å². The van der Waals surface area contributed by atoms with E-state index in [0.29, 0.717) is 30.3 Å². The number of carboxylic acids is 1. The Hall–Kier alpha value is -1.06. The van der Waals surface area contributed by atoms with Crippen molar-refractivity contribution in [1.29, 1.82) is 0 Å². The highest BCUT2D eigenvalue weighted by atomic mass is 35.5. The van der Waals surface area contributed by atoms with Gasteiger partial charge in [-0.25, -0.2) is 0 Å². The second-order valence-corrected chi connectivity index (χ2v) is 5.87. The highest BCUT2D eigenvalue weighted by Gasteiger charge is 2.43. The van der Waals surface area contributed by atoms with Crippen molar-refractivity contribution in [2.24, 2.45) is 5.92 Å². The standard InChI is InChI=1S/C14H18ClNO2/c1-9(2)8-16-14(13(17)18)6-10-3-4-12(15)5-11(10)7-14/h3-5,9,16H,6-8H2,1-2H3,(H,17,18). The Morgan fingerprint density at radius 2 is 2.11 bits per heavy atom. The maximum Gasteiger partial charge on any atom is 0.324 e. The molecule has 0 aromatic heterocycles. The van der Waals surface area contributed by atoms with Gasteiger partial charge in [-0.1, -0.05) is 31.5 Å². The van der Waals surface area contributed by atoms with Gasteiger partial charge in [0.25, 0.3) is 0 Å². The molecule has 1 atom stereocenters. The Balaban J connectivity index is 2.24. The Morgan fingerprint density at radius 1 is 1.44 bits per heavy atom. The fourth-order valence-electron chi connectivity index (χ4n) is 2.40. The highest BCUT2D eigenvalue weighted by molar-refractivity contribution is 6.30. The van der Waals surface area contributed by atoms with Gasteiger partial charge in [0, 0.05) is 17.9 Å². The summed E-state index contributed by atoms with van der Waals surface area (Å²) >= 11 is 5.96. The van der Waals surface area contributed by atoms with Crippen LogP contribution < -0.4 is 5.32 Å². The number of fused-ring (bicyclic) bond motifs is 1. The third-order valence-corrected chi connectivity index (χ3v) is 3.65. The molecular formula is C14H18ClNO2. The SMILES string of the molecule is CC(C)CNC1(C(=O)O)Cc2ccc(Cl)cc2C1. The number of carboxylic acid groups (broad SMARTS) is 1. The number of hydrogen-bond donors (Lipinski definition) is 2. The quantitative estimate of drug-likeness (QED) is 0.881. The van der Waals surface area contributed by atoms with Crippen molar-refractivity contribution in [3.8, 4) is 0 Å². The molecule has 1 aliphatic rings. The second kappa shape index (κ2) is 4.90. The number of halogens is 1. The first-order valence-electron chi connectivity index (χ1n) is 6.19. The van der Waals surface area contributed by atoms with Gasteiger partial charge < -0.3 is 10.4 Å². The molecule has 2 N–H and O–H groups in total. The molecular weight excluding hydrogens is 250 g/mol. The minimum Gasteiger partial charge on any atom is -0.480 e. The van der Waals surface area contributed by atoms with Crippen LogP contribution in [0.4, 0.5) is 0 Å². The average molecular weight is 268 g/mol. The molecule has 1 unspecified atom stereocenters. The number of aliphatic carboxylic acids is 1. The van der Waals surface area contributed by atoms with Crippen LogP contribution in [0.25, 0.3) is 0 Å². The van der Waals surface area contributed by atoms with Gasteiger partial charge >= 0.3 is 5.97 Å². The van der Waals surface area contributed by atoms with E-state index in [0.717, 1.165) is 11.1 Å². The summed E-state index contributed by atoms with van der Waals surface area (Å²) in [6.45, 7) is 4.84. The Morgan fingerprint density at radius 3 is 2.72 bits per heavy atom. The molecule has 98 valence electrons. The van der Waals surface area contributed by atoms with Crippen LogP contribution >= 0.6 is 11.6 Å². The lowest BCUT2D eigenvalue weighted by atomic mass is 9.95. The van der Waals surface area contributed by atoms with Gasteiger partial charge in [0.1, 0.15) is 5.54 Å². The Labute approximate surface area is 112 Å². The molecule has 0 saturated heterocycles. The normalized spacial score (nSPS) is 22.2. The molecule has 1 aromatic rings. The van der Waals surface area contributed by atoms with Crippen molar-refractivity contribution in [1.82, 2.24) is 5.32 Å². The molecule has 0 bridgehead atoms. The number of hydrogen-bond acceptors (Lipinski definition) is 2. The van der Waals surface area contributed by atoms with Crippen LogP contribution in [-0.2, 0) is 17.6 Å². The van der Waals surface area contributed by atoms with Crippen LogP contribution in [0.5, 0.6) is 0 Å². The third-order valence-electron chi connectivity index (χ3n) is 3.41. The first-order chi connectivity index (χ1) is 8.43. The predicted octanol–water partition coefficient (Wildman–Crippen LogP) is 2.51. The van der Waals surface area contributed by atoms with Crippen molar-refractivity contribution in [3.63, 3.8) is 0 Å². The molecule has 1 aliphatic carbocycles. The summed E-state index contributed by atoms with van der Waals surface area (Å²) in [5, 5.41) is 13.4. The molecule has 18 heavy (non-hydrogen) atoms. The fourth-order valence-corrected chi connectivity index (χ4v) is 2.59. The van der Waals surface area contributed by atoms with Gasteiger partial charge in [-0.05, 0) is 35.7 Å². The van der Waals surface area contributed by atoms with E-state index in [1.807, 2.05) is 18.2 Å². The summed E-state index contributed by atoms with van der Waals surface area (Å²) in [6.07, 6.45) is 1.03. The van der Waals surface area contributed by atoms with Crippen LogP contribution in [0, 0.1) is 5.92 Å². The monoisotopic (exact) mass is 267 g/mol. The van der Waals surface area contributed by atoms with Gasteiger partial charge in [0.15, 0.2) is 0 Å². The maximum atomic E-state index is 11.6. The summed E-state index contributed by atoms with van der Waals surface area (Å²) in [4.78, 5) is 11.6. The minimum atomic E-state index is -0.864. The third kappa shape index (κ3) is 2.52. The second-order valence-electron chi connectivity index (χ2n) is 5.43. The first-order valence-corrected chi connectivity index (χ1v) is 6.56. The van der Waals surface area contributed by atoms with E-state index in [-0.39, 0.29) is 0 Å². The predicted molar refractivity (Wildman–Crippen MR) is 72.1 cm³/mol. The summed E-state index contributed by atoms with van der Waals surface area (Å²) in [6, 6.07) is 5.62. The van der Waals surface area contributed by atoms with Crippen molar-refractivity contribution < 1.29 is 9.90 Å². The molecule has 1 aromatic carbocycles. The Bertz CT molecular complexity index is 473.